The van der Waals surface area contributed by atoms with E-state index in [9.17, 15) is 78.0 Å². The van der Waals surface area contributed by atoms with Crippen LogP contribution in [0.3, 0.4) is 0 Å². The van der Waals surface area contributed by atoms with Crippen molar-refractivity contribution in [3.05, 3.63) is 0 Å². The van der Waals surface area contributed by atoms with Crippen molar-refractivity contribution in [3.8, 4) is 12.3 Å². The van der Waals surface area contributed by atoms with Gasteiger partial charge in [-0.05, 0) is 37.5 Å². The number of aliphatic carboxylic acids is 2. The van der Waals surface area contributed by atoms with Gasteiger partial charge in [-0.3, -0.25) is 57.5 Å². The molecule has 0 unspecified atom stereocenters. The van der Waals surface area contributed by atoms with Gasteiger partial charge in [0.05, 0.1) is 26.1 Å². The summed E-state index contributed by atoms with van der Waals surface area (Å²) in [5.41, 5.74) is 5.32. The van der Waals surface area contributed by atoms with Crippen molar-refractivity contribution in [1.82, 2.24) is 47.4 Å². The highest BCUT2D eigenvalue weighted by molar-refractivity contribution is 5.99. The molecule has 0 spiro atoms. The number of rotatable bonds is 43. The molecule has 26 nitrogen and oxygen atoms in total. The maximum Gasteiger partial charge on any atom is 0.305 e. The van der Waals surface area contributed by atoms with Crippen LogP contribution in [-0.2, 0) is 57.5 Å². The second-order valence-electron chi connectivity index (χ2n) is 20.9. The van der Waals surface area contributed by atoms with Gasteiger partial charge < -0.3 is 73.6 Å². The monoisotopic (exact) mass is 1140 g/mol. The largest absolute Gasteiger partial charge is 0.481 e. The van der Waals surface area contributed by atoms with Crippen molar-refractivity contribution in [3.63, 3.8) is 0 Å². The number of carboxylic acid groups (broad SMARTS) is 2. The fourth-order valence-electron chi connectivity index (χ4n) is 8.42. The van der Waals surface area contributed by atoms with E-state index < -0.39 is 151 Å². The van der Waals surface area contributed by atoms with Gasteiger partial charge in [0, 0.05) is 20.4 Å². The summed E-state index contributed by atoms with van der Waals surface area (Å²) in [5, 5.41) is 59.3. The first-order valence-electron chi connectivity index (χ1n) is 27.7. The lowest BCUT2D eigenvalue weighted by molar-refractivity contribution is -0.145. The van der Waals surface area contributed by atoms with Crippen LogP contribution in [0.2, 0.25) is 0 Å². The molecule has 0 aliphatic rings. The second kappa shape index (κ2) is 40.3. The lowest BCUT2D eigenvalue weighted by atomic mass is 9.99. The zero-order valence-corrected chi connectivity index (χ0v) is 48.0. The van der Waals surface area contributed by atoms with E-state index in [0.29, 0.717) is 19.3 Å². The summed E-state index contributed by atoms with van der Waals surface area (Å²) in [6.45, 7) is 10.2. The number of likely N-dealkylation sites (N-methyl/N-ethyl adjacent to an activating group) is 1. The summed E-state index contributed by atoms with van der Waals surface area (Å²) >= 11 is 0. The zero-order valence-electron chi connectivity index (χ0n) is 48.0. The fourth-order valence-corrected chi connectivity index (χ4v) is 8.42. The van der Waals surface area contributed by atoms with Crippen LogP contribution in [0, 0.1) is 24.2 Å². The minimum Gasteiger partial charge on any atom is -0.481 e. The van der Waals surface area contributed by atoms with Crippen LogP contribution < -0.4 is 48.3 Å². The summed E-state index contributed by atoms with van der Waals surface area (Å²) in [5.74, 6) is -11.2. The quantitative estimate of drug-likeness (QED) is 0.0277. The van der Waals surface area contributed by atoms with Crippen LogP contribution >= 0.6 is 0 Å². The number of hydrogen-bond donors (Lipinski definition) is 13. The summed E-state index contributed by atoms with van der Waals surface area (Å²) < 4.78 is 0. The third-order valence-electron chi connectivity index (χ3n) is 12.8. The topological polar surface area (TPSA) is 411 Å². The lowest BCUT2D eigenvalue weighted by Crippen LogP contribution is -2.61. The Morgan fingerprint density at radius 2 is 0.825 bits per heavy atom. The van der Waals surface area contributed by atoms with Crippen molar-refractivity contribution in [1.29, 1.82) is 0 Å². The molecule has 0 aliphatic carbocycles. The SMILES string of the molecule is C#CC[C@H](NC(=O)[C@H](CC(=O)O)NC(=O)[C@H](CCCCCCCC)NC(=O)[C@H](CC(=O)O)NC(=O)[C@H](CC(C)C)N(C)C(=O)[C@H](CO)NC(=O)[C@H](CC(C)C)NC(=O)[C@H](CO)NC(=O)[C@H](CCCCCCCC)NC(C)=O)C(N)=O. The molecule has 0 bridgehead atoms. The van der Waals surface area contributed by atoms with Crippen molar-refractivity contribution in [2.24, 2.45) is 17.6 Å². The molecule has 0 radical (unpaired) electrons. The number of unbranched alkanes of at least 4 members (excludes halogenated alkanes) is 10. The molecule has 0 aromatic rings. The van der Waals surface area contributed by atoms with E-state index in [1.807, 2.05) is 6.92 Å². The van der Waals surface area contributed by atoms with Crippen LogP contribution in [-0.4, -0.2) is 171 Å². The summed E-state index contributed by atoms with van der Waals surface area (Å²) in [6.07, 6.45) is 12.7. The van der Waals surface area contributed by atoms with Crippen molar-refractivity contribution >= 4 is 71.0 Å². The van der Waals surface area contributed by atoms with Crippen LogP contribution in [0.4, 0.5) is 0 Å². The Morgan fingerprint density at radius 1 is 0.475 bits per heavy atom. The molecule has 0 aromatic heterocycles. The summed E-state index contributed by atoms with van der Waals surface area (Å²) in [6, 6.07) is -13.9. The van der Waals surface area contributed by atoms with Gasteiger partial charge in [-0.2, -0.15) is 0 Å². The van der Waals surface area contributed by atoms with E-state index in [4.69, 9.17) is 12.2 Å². The smallest absolute Gasteiger partial charge is 0.305 e. The molecule has 26 heteroatoms. The molecule has 0 rings (SSSR count). The zero-order chi connectivity index (χ0) is 61.1. The summed E-state index contributed by atoms with van der Waals surface area (Å²) in [7, 11) is 1.17. The maximum atomic E-state index is 14.2. The summed E-state index contributed by atoms with van der Waals surface area (Å²) in [4.78, 5) is 159. The molecule has 0 saturated heterocycles. The molecule has 0 heterocycles. The number of hydrogen-bond acceptors (Lipinski definition) is 14. The Labute approximate surface area is 470 Å². The average Bonchev–Trinajstić information content (AvgIpc) is 3.37. The van der Waals surface area contributed by atoms with Gasteiger partial charge in [0.1, 0.15) is 54.4 Å². The Bertz CT molecular complexity index is 2080. The van der Waals surface area contributed by atoms with Gasteiger partial charge in [0.25, 0.3) is 0 Å². The molecule has 14 N–H and O–H groups in total. The standard InChI is InChI=1S/C54H92N10O16/c1-10-13-15-17-19-21-24-36(56-34(8)67)47(73)62-41(30-65)52(78)59-38(26-32(4)5)49(75)63-42(31-66)54(80)64(9)43(27-33(6)7)53(79)61-40(29-45(70)71)51(77)58-37(25-22-20-18-16-14-11-2)48(74)60-39(28-44(68)69)50(76)57-35(23-12-3)46(55)72/h3,32-33,35-43,65-66H,10-11,13-31H2,1-2,4-9H3,(H2,55,72)(H,56,67)(H,57,76)(H,58,77)(H,59,78)(H,60,74)(H,61,79)(H,62,73)(H,63,75)(H,68,69)(H,70,71)/t35-,36-,37-,38-,39-,40-,41-,42-,43-/m0/s1. The van der Waals surface area contributed by atoms with E-state index in [1.54, 1.807) is 27.7 Å². The molecule has 9 atom stereocenters. The highest BCUT2D eigenvalue weighted by Gasteiger charge is 2.38. The maximum absolute atomic E-state index is 14.2. The van der Waals surface area contributed by atoms with E-state index in [-0.39, 0.29) is 43.9 Å². The first-order valence-corrected chi connectivity index (χ1v) is 27.7. The Kier molecular flexibility index (Phi) is 36.9. The van der Waals surface area contributed by atoms with Gasteiger partial charge in [0.15, 0.2) is 0 Å². The number of carboxylic acids is 2. The Balaban J connectivity index is 6.67. The van der Waals surface area contributed by atoms with Crippen LogP contribution in [0.25, 0.3) is 0 Å². The lowest BCUT2D eigenvalue weighted by Gasteiger charge is -2.33. The van der Waals surface area contributed by atoms with E-state index in [0.717, 1.165) is 62.7 Å². The van der Waals surface area contributed by atoms with Gasteiger partial charge in [0.2, 0.25) is 59.1 Å². The molecule has 0 aromatic carbocycles. The van der Waals surface area contributed by atoms with E-state index in [2.05, 4.69) is 55.4 Å². The second-order valence-corrected chi connectivity index (χ2v) is 20.9. The number of nitrogens with two attached hydrogens (primary N) is 1. The number of carbonyl (C=O) groups excluding carboxylic acids is 10. The third-order valence-corrected chi connectivity index (χ3v) is 12.8. The van der Waals surface area contributed by atoms with Crippen molar-refractivity contribution in [2.45, 2.75) is 225 Å². The van der Waals surface area contributed by atoms with Crippen molar-refractivity contribution in [2.75, 3.05) is 20.3 Å². The van der Waals surface area contributed by atoms with Gasteiger partial charge in [-0.25, -0.2) is 0 Å². The van der Waals surface area contributed by atoms with E-state index in [1.165, 1.54) is 14.0 Å². The predicted octanol–water partition coefficient (Wildman–Crippen LogP) is -0.252. The molecule has 80 heavy (non-hydrogen) atoms. The predicted molar refractivity (Wildman–Crippen MR) is 294 cm³/mol. The molecule has 10 amide bonds. The molecule has 0 fully saturated rings. The number of amides is 10. The number of primary amides is 1. The van der Waals surface area contributed by atoms with Gasteiger partial charge in [-0.1, -0.05) is 119 Å². The minimum absolute atomic E-state index is 0.0337. The molecular weight excluding hydrogens is 1040 g/mol. The van der Waals surface area contributed by atoms with Crippen LogP contribution in [0.1, 0.15) is 170 Å². The van der Waals surface area contributed by atoms with Crippen LogP contribution in [0.5, 0.6) is 0 Å². The van der Waals surface area contributed by atoms with Crippen molar-refractivity contribution < 1.29 is 78.0 Å². The minimum atomic E-state index is -1.91. The Hall–Kier alpha value is -6.88. The highest BCUT2D eigenvalue weighted by atomic mass is 16.4. The highest BCUT2D eigenvalue weighted by Crippen LogP contribution is 2.16. The third kappa shape index (κ3) is 29.9. The normalized spacial score (nSPS) is 14.4. The number of terminal acetylenes is 1. The van der Waals surface area contributed by atoms with Crippen LogP contribution in [0.15, 0.2) is 0 Å². The molecule has 454 valence electrons. The first-order chi connectivity index (χ1) is 37.7. The van der Waals surface area contributed by atoms with E-state index >= 15 is 0 Å². The number of carbonyl (C=O) groups is 12. The molecule has 0 saturated carbocycles. The molecule has 0 aliphatic heterocycles. The van der Waals surface area contributed by atoms with Gasteiger partial charge >= 0.3 is 11.9 Å². The number of aliphatic hydroxyl groups is 2. The average molecular weight is 1140 g/mol. The number of nitrogens with zero attached hydrogens (tertiary/aromatic N) is 1. The molecular formula is C54H92N10O16. The number of nitrogens with one attached hydrogen (secondary N) is 8. The fraction of sp³-hybridized carbons (Fsp3) is 0.741. The first kappa shape index (κ1) is 73.1. The Morgan fingerprint density at radius 3 is 1.24 bits per heavy atom. The van der Waals surface area contributed by atoms with Gasteiger partial charge in [-0.15, -0.1) is 12.3 Å². The number of aliphatic hydroxyl groups excluding tert-OH is 2.